The van der Waals surface area contributed by atoms with Gasteiger partial charge in [-0.1, -0.05) is 20.8 Å². The molecule has 0 atom stereocenters. The topological polar surface area (TPSA) is 72.0 Å². The Morgan fingerprint density at radius 3 is 2.00 bits per heavy atom. The van der Waals surface area contributed by atoms with E-state index in [0.29, 0.717) is 0 Å². The summed E-state index contributed by atoms with van der Waals surface area (Å²) in [5, 5.41) is 0. The van der Waals surface area contributed by atoms with Crippen LogP contribution in [0.15, 0.2) is 12.4 Å². The molecule has 0 aliphatic carbocycles. The highest BCUT2D eigenvalue weighted by Crippen LogP contribution is 2.20. The fourth-order valence-electron chi connectivity index (χ4n) is 0.934. The molecule has 0 saturated heterocycles. The van der Waals surface area contributed by atoms with Gasteiger partial charge in [0, 0.05) is 12.4 Å². The van der Waals surface area contributed by atoms with Gasteiger partial charge in [0.25, 0.3) is 0 Å². The number of aromatic nitrogens is 2. The van der Waals surface area contributed by atoms with E-state index >= 15 is 0 Å². The SMILES string of the molecule is CC(C)(C)c1cnc(NS(C)(=O)=O)nc1. The first-order valence-corrected chi connectivity index (χ1v) is 6.38. The first-order valence-electron chi connectivity index (χ1n) is 4.49. The second-order valence-corrected chi connectivity index (χ2v) is 6.17. The van der Waals surface area contributed by atoms with E-state index in [2.05, 4.69) is 14.7 Å². The summed E-state index contributed by atoms with van der Waals surface area (Å²) in [5.41, 5.74) is 0.922. The van der Waals surface area contributed by atoms with Gasteiger partial charge >= 0.3 is 0 Å². The molecular formula is C9H15N3O2S. The van der Waals surface area contributed by atoms with Gasteiger partial charge in [0.05, 0.1) is 6.26 Å². The number of anilines is 1. The zero-order chi connectivity index (χ0) is 11.7. The summed E-state index contributed by atoms with van der Waals surface area (Å²) in [6.45, 7) is 6.11. The third-order valence-corrected chi connectivity index (χ3v) is 2.35. The first kappa shape index (κ1) is 11.9. The Hall–Kier alpha value is -1.17. The Morgan fingerprint density at radius 1 is 1.20 bits per heavy atom. The van der Waals surface area contributed by atoms with E-state index in [9.17, 15) is 8.42 Å². The van der Waals surface area contributed by atoms with Crippen LogP contribution in [0.1, 0.15) is 26.3 Å². The van der Waals surface area contributed by atoms with Crippen molar-refractivity contribution in [3.8, 4) is 0 Å². The van der Waals surface area contributed by atoms with E-state index < -0.39 is 10.0 Å². The van der Waals surface area contributed by atoms with E-state index in [0.717, 1.165) is 11.8 Å². The molecule has 0 amide bonds. The predicted molar refractivity (Wildman–Crippen MR) is 59.2 cm³/mol. The van der Waals surface area contributed by atoms with Gasteiger partial charge in [-0.2, -0.15) is 0 Å². The number of sulfonamides is 1. The molecule has 15 heavy (non-hydrogen) atoms. The highest BCUT2D eigenvalue weighted by atomic mass is 32.2. The van der Waals surface area contributed by atoms with Crippen LogP contribution in [0.25, 0.3) is 0 Å². The first-order chi connectivity index (χ1) is 6.68. The number of hydrogen-bond donors (Lipinski definition) is 1. The van der Waals surface area contributed by atoms with Gasteiger partial charge in [0.2, 0.25) is 16.0 Å². The lowest BCUT2D eigenvalue weighted by Crippen LogP contribution is -2.15. The molecule has 1 rings (SSSR count). The van der Waals surface area contributed by atoms with Crippen molar-refractivity contribution in [1.82, 2.24) is 9.97 Å². The van der Waals surface area contributed by atoms with Crippen molar-refractivity contribution in [1.29, 1.82) is 0 Å². The molecule has 1 N–H and O–H groups in total. The van der Waals surface area contributed by atoms with Gasteiger partial charge in [-0.25, -0.2) is 18.4 Å². The molecule has 0 fully saturated rings. The monoisotopic (exact) mass is 229 g/mol. The lowest BCUT2D eigenvalue weighted by atomic mass is 9.89. The van der Waals surface area contributed by atoms with Crippen LogP contribution in [0, 0.1) is 0 Å². The lowest BCUT2D eigenvalue weighted by Gasteiger charge is -2.17. The Bertz CT molecular complexity index is 431. The van der Waals surface area contributed by atoms with E-state index in [1.54, 1.807) is 12.4 Å². The van der Waals surface area contributed by atoms with Gasteiger partial charge in [-0.3, -0.25) is 4.72 Å². The second-order valence-electron chi connectivity index (χ2n) is 4.42. The third kappa shape index (κ3) is 3.83. The molecule has 0 radical (unpaired) electrons. The zero-order valence-corrected chi connectivity index (χ0v) is 10.1. The minimum Gasteiger partial charge on any atom is -0.251 e. The maximum absolute atomic E-state index is 10.9. The summed E-state index contributed by atoms with van der Waals surface area (Å²) in [4.78, 5) is 7.86. The van der Waals surface area contributed by atoms with E-state index in [1.165, 1.54) is 0 Å². The Kier molecular flexibility index (Phi) is 2.99. The van der Waals surface area contributed by atoms with Gasteiger partial charge in [0.1, 0.15) is 0 Å². The van der Waals surface area contributed by atoms with Crippen LogP contribution in [-0.2, 0) is 15.4 Å². The number of hydrogen-bond acceptors (Lipinski definition) is 4. The van der Waals surface area contributed by atoms with Crippen LogP contribution in [0.5, 0.6) is 0 Å². The normalized spacial score (nSPS) is 12.5. The number of nitrogens with zero attached hydrogens (tertiary/aromatic N) is 2. The zero-order valence-electron chi connectivity index (χ0n) is 9.27. The molecule has 0 aliphatic rings. The largest absolute Gasteiger partial charge is 0.251 e. The summed E-state index contributed by atoms with van der Waals surface area (Å²) >= 11 is 0. The number of nitrogens with one attached hydrogen (secondary N) is 1. The van der Waals surface area contributed by atoms with Crippen LogP contribution in [0.2, 0.25) is 0 Å². The Labute approximate surface area is 90.0 Å². The van der Waals surface area contributed by atoms with Crippen molar-refractivity contribution in [3.05, 3.63) is 18.0 Å². The Balaban J connectivity index is 2.91. The fourth-order valence-corrected chi connectivity index (χ4v) is 1.37. The average Bonchev–Trinajstić information content (AvgIpc) is 2.00. The van der Waals surface area contributed by atoms with Crippen LogP contribution in [0.4, 0.5) is 5.95 Å². The lowest BCUT2D eigenvalue weighted by molar-refractivity contribution is 0.584. The molecule has 0 aromatic carbocycles. The quantitative estimate of drug-likeness (QED) is 0.825. The molecule has 0 saturated carbocycles. The summed E-state index contributed by atoms with van der Waals surface area (Å²) in [7, 11) is -3.30. The van der Waals surface area contributed by atoms with E-state index in [4.69, 9.17) is 0 Å². The van der Waals surface area contributed by atoms with Crippen LogP contribution >= 0.6 is 0 Å². The van der Waals surface area contributed by atoms with Crippen molar-refractivity contribution in [2.24, 2.45) is 0 Å². The maximum atomic E-state index is 10.9. The van der Waals surface area contributed by atoms with Crippen molar-refractivity contribution in [2.75, 3.05) is 11.0 Å². The summed E-state index contributed by atoms with van der Waals surface area (Å²) in [6.07, 6.45) is 4.31. The molecule has 0 aliphatic heterocycles. The van der Waals surface area contributed by atoms with Crippen LogP contribution in [0.3, 0.4) is 0 Å². The van der Waals surface area contributed by atoms with Crippen LogP contribution in [-0.4, -0.2) is 24.6 Å². The van der Waals surface area contributed by atoms with Crippen molar-refractivity contribution >= 4 is 16.0 Å². The molecule has 1 aromatic heterocycles. The molecule has 1 heterocycles. The molecule has 6 heteroatoms. The van der Waals surface area contributed by atoms with Gasteiger partial charge in [-0.15, -0.1) is 0 Å². The standard InChI is InChI=1S/C9H15N3O2S/c1-9(2,3)7-5-10-8(11-6-7)12-15(4,13)14/h5-6H,1-4H3,(H,10,11,12). The number of rotatable bonds is 2. The maximum Gasteiger partial charge on any atom is 0.236 e. The fraction of sp³-hybridized carbons (Fsp3) is 0.556. The van der Waals surface area contributed by atoms with Gasteiger partial charge in [-0.05, 0) is 11.0 Å². The minimum absolute atomic E-state index is 0.0381. The summed E-state index contributed by atoms with van der Waals surface area (Å²) in [6, 6.07) is 0. The highest BCUT2D eigenvalue weighted by Gasteiger charge is 2.14. The highest BCUT2D eigenvalue weighted by molar-refractivity contribution is 7.91. The molecule has 84 valence electrons. The average molecular weight is 229 g/mol. The van der Waals surface area contributed by atoms with Crippen molar-refractivity contribution < 1.29 is 8.42 Å². The smallest absolute Gasteiger partial charge is 0.236 e. The third-order valence-electron chi connectivity index (χ3n) is 1.79. The van der Waals surface area contributed by atoms with E-state index in [-0.39, 0.29) is 11.4 Å². The Morgan fingerprint density at radius 2 is 1.67 bits per heavy atom. The van der Waals surface area contributed by atoms with Crippen LogP contribution < -0.4 is 4.72 Å². The van der Waals surface area contributed by atoms with E-state index in [1.807, 2.05) is 20.8 Å². The summed E-state index contributed by atoms with van der Waals surface area (Å²) < 4.78 is 24.0. The minimum atomic E-state index is -3.30. The van der Waals surface area contributed by atoms with Crippen molar-refractivity contribution in [3.63, 3.8) is 0 Å². The molecule has 0 spiro atoms. The van der Waals surface area contributed by atoms with Crippen molar-refractivity contribution in [2.45, 2.75) is 26.2 Å². The molecule has 0 unspecified atom stereocenters. The predicted octanol–water partition coefficient (Wildman–Crippen LogP) is 1.15. The van der Waals surface area contributed by atoms with Gasteiger partial charge in [0.15, 0.2) is 0 Å². The molecule has 1 aromatic rings. The van der Waals surface area contributed by atoms with Gasteiger partial charge < -0.3 is 0 Å². The molecule has 0 bridgehead atoms. The second kappa shape index (κ2) is 3.77. The molecular weight excluding hydrogens is 214 g/mol. The summed E-state index contributed by atoms with van der Waals surface area (Å²) in [5.74, 6) is 0.102. The molecule has 5 nitrogen and oxygen atoms in total.